The molecule has 0 bridgehead atoms. The van der Waals surface area contributed by atoms with Crippen molar-refractivity contribution in [1.82, 2.24) is 24.5 Å². The molecule has 9 nitrogen and oxygen atoms in total. The molecule has 0 unspecified atom stereocenters. The molecule has 0 radical (unpaired) electrons. The van der Waals surface area contributed by atoms with Crippen LogP contribution >= 0.6 is 0 Å². The van der Waals surface area contributed by atoms with Crippen LogP contribution in [0.15, 0.2) is 41.1 Å². The lowest BCUT2D eigenvalue weighted by molar-refractivity contribution is 0.244. The molecule has 1 N–H and O–H groups in total. The van der Waals surface area contributed by atoms with E-state index < -0.39 is 0 Å². The van der Waals surface area contributed by atoms with Gasteiger partial charge in [-0.25, -0.2) is 9.97 Å². The van der Waals surface area contributed by atoms with Crippen molar-refractivity contribution in [1.29, 1.82) is 0 Å². The van der Waals surface area contributed by atoms with Crippen LogP contribution < -0.4 is 14.8 Å². The number of hydrogen-bond acceptors (Lipinski definition) is 8. The van der Waals surface area contributed by atoms with Gasteiger partial charge in [0.15, 0.2) is 22.9 Å². The number of nitrogens with one attached hydrogen (secondary N) is 1. The van der Waals surface area contributed by atoms with Crippen LogP contribution in [0, 0.1) is 0 Å². The minimum atomic E-state index is 0.551. The molecule has 0 atom stereocenters. The first-order valence-electron chi connectivity index (χ1n) is 11.2. The van der Waals surface area contributed by atoms with Gasteiger partial charge in [0.25, 0.3) is 0 Å². The number of aromatic nitrogens is 4. The van der Waals surface area contributed by atoms with E-state index >= 15 is 0 Å². The van der Waals surface area contributed by atoms with Crippen molar-refractivity contribution < 1.29 is 13.9 Å². The Bertz CT molecular complexity index is 1250. The Balaban J connectivity index is 1.45. The van der Waals surface area contributed by atoms with Gasteiger partial charge in [-0.3, -0.25) is 4.90 Å². The summed E-state index contributed by atoms with van der Waals surface area (Å²) < 4.78 is 18.3. The van der Waals surface area contributed by atoms with Crippen molar-refractivity contribution in [3.05, 3.63) is 53.4 Å². The van der Waals surface area contributed by atoms with Gasteiger partial charge >= 0.3 is 0 Å². The molecular formula is C24H28N6O3. The molecule has 33 heavy (non-hydrogen) atoms. The number of benzene rings is 1. The second-order valence-electron chi connectivity index (χ2n) is 8.12. The Hall–Kier alpha value is -3.59. The van der Waals surface area contributed by atoms with Gasteiger partial charge in [-0.15, -0.1) is 5.10 Å². The average molecular weight is 449 g/mol. The van der Waals surface area contributed by atoms with Crippen LogP contribution in [0.2, 0.25) is 0 Å². The number of rotatable bonds is 8. The topological polar surface area (TPSA) is 90.0 Å². The maximum atomic E-state index is 5.53. The molecule has 4 aromatic rings. The number of furan rings is 1. The zero-order chi connectivity index (χ0) is 22.8. The highest BCUT2D eigenvalue weighted by molar-refractivity contribution is 5.58. The van der Waals surface area contributed by atoms with Crippen molar-refractivity contribution in [2.45, 2.75) is 32.9 Å². The fourth-order valence-corrected chi connectivity index (χ4v) is 4.22. The van der Waals surface area contributed by atoms with Gasteiger partial charge in [0.1, 0.15) is 0 Å². The summed E-state index contributed by atoms with van der Waals surface area (Å²) in [5.41, 5.74) is 4.36. The summed E-state index contributed by atoms with van der Waals surface area (Å²) in [7, 11) is 3.34. The molecule has 1 aromatic carbocycles. The van der Waals surface area contributed by atoms with Gasteiger partial charge in [0.2, 0.25) is 11.8 Å². The van der Waals surface area contributed by atoms with Crippen LogP contribution in [-0.4, -0.2) is 51.8 Å². The van der Waals surface area contributed by atoms with Gasteiger partial charge in [-0.05, 0) is 48.2 Å². The lowest BCUT2D eigenvalue weighted by Gasteiger charge is -2.29. The number of fused-ring (bicyclic) bond motifs is 2. The predicted octanol–water partition coefficient (Wildman–Crippen LogP) is 3.78. The quantitative estimate of drug-likeness (QED) is 0.436. The van der Waals surface area contributed by atoms with Crippen molar-refractivity contribution in [3.63, 3.8) is 0 Å². The van der Waals surface area contributed by atoms with Gasteiger partial charge in [0, 0.05) is 37.9 Å². The summed E-state index contributed by atoms with van der Waals surface area (Å²) in [4.78, 5) is 11.8. The summed E-state index contributed by atoms with van der Waals surface area (Å²) in [5.74, 6) is 3.41. The fourth-order valence-electron chi connectivity index (χ4n) is 4.22. The zero-order valence-electron chi connectivity index (χ0n) is 19.2. The van der Waals surface area contributed by atoms with E-state index in [1.165, 1.54) is 11.1 Å². The lowest BCUT2D eigenvalue weighted by Crippen LogP contribution is -2.30. The summed E-state index contributed by atoms with van der Waals surface area (Å²) in [5, 5.41) is 8.02. The van der Waals surface area contributed by atoms with Crippen LogP contribution in [0.4, 0.5) is 5.95 Å². The Morgan fingerprint density at radius 2 is 1.97 bits per heavy atom. The second-order valence-corrected chi connectivity index (χ2v) is 8.12. The van der Waals surface area contributed by atoms with Crippen molar-refractivity contribution in [3.8, 4) is 23.1 Å². The zero-order valence-corrected chi connectivity index (χ0v) is 19.2. The number of nitrogens with zero attached hydrogens (tertiary/aromatic N) is 5. The summed E-state index contributed by atoms with van der Waals surface area (Å²) in [6.07, 6.45) is 5.47. The third kappa shape index (κ3) is 4.11. The number of methoxy groups -OCH3 is 2. The van der Waals surface area contributed by atoms with Crippen molar-refractivity contribution in [2.75, 3.05) is 32.6 Å². The predicted molar refractivity (Wildman–Crippen MR) is 125 cm³/mol. The Morgan fingerprint density at radius 1 is 1.15 bits per heavy atom. The monoisotopic (exact) mass is 448 g/mol. The number of ether oxygens (including phenoxy) is 2. The van der Waals surface area contributed by atoms with Crippen molar-refractivity contribution in [2.24, 2.45) is 0 Å². The highest BCUT2D eigenvalue weighted by atomic mass is 16.5. The van der Waals surface area contributed by atoms with E-state index in [1.807, 2.05) is 18.3 Å². The van der Waals surface area contributed by atoms with Crippen LogP contribution in [0.3, 0.4) is 0 Å². The number of anilines is 1. The fraction of sp³-hybridized carbons (Fsp3) is 0.375. The standard InChI is InChI=1S/C24H28N6O3/c1-4-8-25-24-26-13-18(23-27-22(28-30(23)24)19-6-5-10-33-19)15-29-9-7-16-11-20(31-2)21(32-3)12-17(16)14-29/h5-6,10-13H,4,7-9,14-15H2,1-3H3,(H,25,26). The largest absolute Gasteiger partial charge is 0.493 e. The third-order valence-electron chi connectivity index (χ3n) is 5.90. The molecule has 9 heteroatoms. The molecule has 0 fully saturated rings. The van der Waals surface area contributed by atoms with E-state index in [-0.39, 0.29) is 0 Å². The molecule has 0 spiro atoms. The minimum Gasteiger partial charge on any atom is -0.493 e. The van der Waals surface area contributed by atoms with Gasteiger partial charge in [-0.2, -0.15) is 4.52 Å². The van der Waals surface area contributed by atoms with Crippen LogP contribution in [0.5, 0.6) is 11.5 Å². The SMILES string of the molecule is CCCNc1ncc(CN2CCc3cc(OC)c(OC)cc3C2)c2nc(-c3ccco3)nn12. The normalized spacial score (nSPS) is 13.8. The molecule has 0 saturated heterocycles. The van der Waals surface area contributed by atoms with Crippen molar-refractivity contribution >= 4 is 11.6 Å². The molecule has 3 aromatic heterocycles. The van der Waals surface area contributed by atoms with Gasteiger partial charge in [0.05, 0.1) is 20.5 Å². The molecule has 4 heterocycles. The smallest absolute Gasteiger partial charge is 0.225 e. The van der Waals surface area contributed by atoms with E-state index in [2.05, 4.69) is 39.4 Å². The van der Waals surface area contributed by atoms with Crippen LogP contribution in [0.25, 0.3) is 17.2 Å². The van der Waals surface area contributed by atoms with E-state index in [1.54, 1.807) is 25.0 Å². The summed E-state index contributed by atoms with van der Waals surface area (Å²) in [6.45, 7) is 5.40. The summed E-state index contributed by atoms with van der Waals surface area (Å²) >= 11 is 0. The highest BCUT2D eigenvalue weighted by Crippen LogP contribution is 2.33. The molecule has 172 valence electrons. The van der Waals surface area contributed by atoms with E-state index in [0.717, 1.165) is 55.2 Å². The first kappa shape index (κ1) is 21.3. The molecule has 5 rings (SSSR count). The molecule has 1 aliphatic heterocycles. The molecule has 0 saturated carbocycles. The average Bonchev–Trinajstić information content (AvgIpc) is 3.53. The van der Waals surface area contributed by atoms with E-state index in [0.29, 0.717) is 24.1 Å². The van der Waals surface area contributed by atoms with Crippen LogP contribution in [-0.2, 0) is 19.5 Å². The molecular weight excluding hydrogens is 420 g/mol. The summed E-state index contributed by atoms with van der Waals surface area (Å²) in [6, 6.07) is 7.88. The molecule has 1 aliphatic rings. The van der Waals surface area contributed by atoms with E-state index in [9.17, 15) is 0 Å². The lowest BCUT2D eigenvalue weighted by atomic mass is 9.98. The molecule has 0 amide bonds. The second kappa shape index (κ2) is 9.11. The Morgan fingerprint density at radius 3 is 2.70 bits per heavy atom. The Kier molecular flexibility index (Phi) is 5.87. The minimum absolute atomic E-state index is 0.551. The first-order chi connectivity index (χ1) is 16.2. The first-order valence-corrected chi connectivity index (χ1v) is 11.2. The maximum Gasteiger partial charge on any atom is 0.225 e. The van der Waals surface area contributed by atoms with Gasteiger partial charge in [-0.1, -0.05) is 6.92 Å². The Labute approximate surface area is 192 Å². The highest BCUT2D eigenvalue weighted by Gasteiger charge is 2.22. The van der Waals surface area contributed by atoms with Crippen LogP contribution in [0.1, 0.15) is 30.0 Å². The molecule has 0 aliphatic carbocycles. The van der Waals surface area contributed by atoms with E-state index in [4.69, 9.17) is 18.9 Å². The number of hydrogen-bond donors (Lipinski definition) is 1. The maximum absolute atomic E-state index is 5.53. The third-order valence-corrected chi connectivity index (χ3v) is 5.90. The van der Waals surface area contributed by atoms with Gasteiger partial charge < -0.3 is 19.2 Å².